The van der Waals surface area contributed by atoms with Crippen LogP contribution in [0.2, 0.25) is 0 Å². The zero-order valence-corrected chi connectivity index (χ0v) is 18.0. The van der Waals surface area contributed by atoms with Crippen LogP contribution < -0.4 is 4.90 Å². The van der Waals surface area contributed by atoms with E-state index < -0.39 is 17.5 Å². The quantitative estimate of drug-likeness (QED) is 0.471. The third-order valence-electron chi connectivity index (χ3n) is 4.51. The molecule has 0 aliphatic heterocycles. The molecule has 0 unspecified atom stereocenters. The van der Waals surface area contributed by atoms with Crippen LogP contribution in [0, 0.1) is 11.6 Å². The first-order valence-corrected chi connectivity index (χ1v) is 10.6. The maximum atomic E-state index is 14.2. The van der Waals surface area contributed by atoms with Crippen molar-refractivity contribution in [2.24, 2.45) is 0 Å². The third kappa shape index (κ3) is 4.56. The van der Waals surface area contributed by atoms with Crippen molar-refractivity contribution in [2.45, 2.75) is 13.8 Å². The van der Waals surface area contributed by atoms with Crippen LogP contribution in [-0.4, -0.2) is 42.0 Å². The summed E-state index contributed by atoms with van der Waals surface area (Å²) in [5.41, 5.74) is 0.602. The number of carbonyl (C=O) groups is 1. The highest BCUT2D eigenvalue weighted by Crippen LogP contribution is 2.32. The summed E-state index contributed by atoms with van der Waals surface area (Å²) in [5, 5.41) is 0.494. The van der Waals surface area contributed by atoms with Crippen molar-refractivity contribution in [2.75, 3.05) is 31.1 Å². The standard InChI is InChI=1S/C20H20BrF2N3OS/c1-3-25(4-2)9-10-26(19(27)15-7-6-14(22)12-16(15)23)20-24-17-8-5-13(21)11-18(17)28-20/h5-8,11-12H,3-4,9-10H2,1-2H3. The molecule has 1 aromatic heterocycles. The lowest BCUT2D eigenvalue weighted by atomic mass is 10.2. The van der Waals surface area contributed by atoms with Crippen LogP contribution in [0.25, 0.3) is 10.2 Å². The summed E-state index contributed by atoms with van der Waals surface area (Å²) in [7, 11) is 0. The van der Waals surface area contributed by atoms with E-state index in [0.717, 1.165) is 39.9 Å². The van der Waals surface area contributed by atoms with E-state index in [1.54, 1.807) is 0 Å². The smallest absolute Gasteiger partial charge is 0.263 e. The molecule has 8 heteroatoms. The number of likely N-dealkylation sites (N-methyl/N-ethyl adjacent to an activating group) is 1. The lowest BCUT2D eigenvalue weighted by molar-refractivity contribution is 0.0980. The van der Waals surface area contributed by atoms with Crippen LogP contribution in [0.5, 0.6) is 0 Å². The summed E-state index contributed by atoms with van der Waals surface area (Å²) >= 11 is 4.80. The predicted molar refractivity (Wildman–Crippen MR) is 113 cm³/mol. The van der Waals surface area contributed by atoms with Gasteiger partial charge in [-0.1, -0.05) is 41.1 Å². The van der Waals surface area contributed by atoms with Gasteiger partial charge in [-0.2, -0.15) is 0 Å². The summed E-state index contributed by atoms with van der Waals surface area (Å²) in [4.78, 5) is 21.3. The highest BCUT2D eigenvalue weighted by Gasteiger charge is 2.24. The van der Waals surface area contributed by atoms with Gasteiger partial charge in [0.1, 0.15) is 11.6 Å². The SMILES string of the molecule is CCN(CC)CCN(C(=O)c1ccc(F)cc1F)c1nc2ccc(Br)cc2s1. The average molecular weight is 468 g/mol. The maximum Gasteiger partial charge on any atom is 0.263 e. The number of carbonyl (C=O) groups excluding carboxylic acids is 1. The van der Waals surface area contributed by atoms with E-state index in [4.69, 9.17) is 0 Å². The van der Waals surface area contributed by atoms with E-state index in [9.17, 15) is 13.6 Å². The Bertz CT molecular complexity index is 991. The number of fused-ring (bicyclic) bond motifs is 1. The molecule has 3 aromatic rings. The fourth-order valence-corrected chi connectivity index (χ4v) is 4.42. The Morgan fingerprint density at radius 1 is 1.11 bits per heavy atom. The molecule has 3 rings (SSSR count). The van der Waals surface area contributed by atoms with E-state index in [1.807, 2.05) is 32.0 Å². The van der Waals surface area contributed by atoms with Crippen molar-refractivity contribution in [3.63, 3.8) is 0 Å². The van der Waals surface area contributed by atoms with Gasteiger partial charge in [0, 0.05) is 23.6 Å². The summed E-state index contributed by atoms with van der Waals surface area (Å²) in [6.07, 6.45) is 0. The normalized spacial score (nSPS) is 11.4. The van der Waals surface area contributed by atoms with Gasteiger partial charge in [-0.25, -0.2) is 13.8 Å². The fraction of sp³-hybridized carbons (Fsp3) is 0.300. The van der Waals surface area contributed by atoms with Crippen molar-refractivity contribution in [1.82, 2.24) is 9.88 Å². The van der Waals surface area contributed by atoms with Gasteiger partial charge in [-0.3, -0.25) is 9.69 Å². The van der Waals surface area contributed by atoms with Crippen LogP contribution in [0.4, 0.5) is 13.9 Å². The number of rotatable bonds is 7. The largest absolute Gasteiger partial charge is 0.302 e. The lowest BCUT2D eigenvalue weighted by Crippen LogP contribution is -2.39. The van der Waals surface area contributed by atoms with Crippen molar-refractivity contribution in [3.05, 3.63) is 58.1 Å². The number of amides is 1. The molecule has 148 valence electrons. The molecule has 28 heavy (non-hydrogen) atoms. The first-order chi connectivity index (χ1) is 13.4. The summed E-state index contributed by atoms with van der Waals surface area (Å²) < 4.78 is 29.4. The molecule has 0 aliphatic rings. The molecule has 0 aliphatic carbocycles. The number of benzene rings is 2. The van der Waals surface area contributed by atoms with E-state index >= 15 is 0 Å². The Balaban J connectivity index is 1.98. The molecule has 0 fully saturated rings. The number of hydrogen-bond acceptors (Lipinski definition) is 4. The second kappa shape index (κ2) is 9.07. The molecule has 0 spiro atoms. The summed E-state index contributed by atoms with van der Waals surface area (Å²) in [6, 6.07) is 8.68. The highest BCUT2D eigenvalue weighted by molar-refractivity contribution is 9.10. The fourth-order valence-electron chi connectivity index (χ4n) is 2.88. The minimum Gasteiger partial charge on any atom is -0.302 e. The van der Waals surface area contributed by atoms with Crippen LogP contribution in [-0.2, 0) is 0 Å². The van der Waals surface area contributed by atoms with Crippen LogP contribution in [0.1, 0.15) is 24.2 Å². The van der Waals surface area contributed by atoms with Crippen molar-refractivity contribution in [1.29, 1.82) is 0 Å². The van der Waals surface area contributed by atoms with Gasteiger partial charge < -0.3 is 4.90 Å². The molecule has 4 nitrogen and oxygen atoms in total. The van der Waals surface area contributed by atoms with Crippen LogP contribution >= 0.6 is 27.3 Å². The van der Waals surface area contributed by atoms with E-state index in [2.05, 4.69) is 25.8 Å². The van der Waals surface area contributed by atoms with Gasteiger partial charge in [0.25, 0.3) is 5.91 Å². The van der Waals surface area contributed by atoms with E-state index in [-0.39, 0.29) is 5.56 Å². The number of anilines is 1. The topological polar surface area (TPSA) is 36.4 Å². The van der Waals surface area contributed by atoms with Gasteiger partial charge in [0.2, 0.25) is 0 Å². The molecule has 0 bridgehead atoms. The first kappa shape index (κ1) is 20.8. The summed E-state index contributed by atoms with van der Waals surface area (Å²) in [5.74, 6) is -2.11. The van der Waals surface area contributed by atoms with Gasteiger partial charge in [-0.05, 0) is 43.4 Å². The van der Waals surface area contributed by atoms with E-state index in [0.29, 0.717) is 18.2 Å². The van der Waals surface area contributed by atoms with Crippen molar-refractivity contribution in [3.8, 4) is 0 Å². The molecule has 0 saturated heterocycles. The predicted octanol–water partition coefficient (Wildman–Crippen LogP) is 5.33. The Hall–Kier alpha value is -1.90. The Morgan fingerprint density at radius 3 is 2.54 bits per heavy atom. The van der Waals surface area contributed by atoms with Gasteiger partial charge in [0.15, 0.2) is 5.13 Å². The maximum absolute atomic E-state index is 14.2. The molecule has 0 N–H and O–H groups in total. The molecule has 2 aromatic carbocycles. The minimum atomic E-state index is -0.873. The van der Waals surface area contributed by atoms with Gasteiger partial charge in [0.05, 0.1) is 15.8 Å². The highest BCUT2D eigenvalue weighted by atomic mass is 79.9. The molecule has 0 atom stereocenters. The number of halogens is 3. The van der Waals surface area contributed by atoms with Gasteiger partial charge in [-0.15, -0.1) is 0 Å². The molecule has 1 heterocycles. The zero-order valence-electron chi connectivity index (χ0n) is 15.6. The molecule has 1 amide bonds. The Morgan fingerprint density at radius 2 is 1.86 bits per heavy atom. The first-order valence-electron chi connectivity index (χ1n) is 8.98. The van der Waals surface area contributed by atoms with Crippen LogP contribution in [0.3, 0.4) is 0 Å². The second-order valence-corrected chi connectivity index (χ2v) is 8.14. The molecule has 0 radical (unpaired) electrons. The molecule has 0 saturated carbocycles. The van der Waals surface area contributed by atoms with E-state index in [1.165, 1.54) is 22.3 Å². The van der Waals surface area contributed by atoms with Gasteiger partial charge >= 0.3 is 0 Å². The van der Waals surface area contributed by atoms with Crippen molar-refractivity contribution >= 4 is 48.5 Å². The number of hydrogen-bond donors (Lipinski definition) is 0. The third-order valence-corrected chi connectivity index (χ3v) is 6.05. The Labute approximate surface area is 174 Å². The second-order valence-electron chi connectivity index (χ2n) is 6.22. The molecular weight excluding hydrogens is 448 g/mol. The monoisotopic (exact) mass is 467 g/mol. The number of nitrogens with zero attached hydrogens (tertiary/aromatic N) is 3. The number of aromatic nitrogens is 1. The molecular formula is C20H20BrF2N3OS. The van der Waals surface area contributed by atoms with Crippen molar-refractivity contribution < 1.29 is 13.6 Å². The average Bonchev–Trinajstić information content (AvgIpc) is 3.07. The van der Waals surface area contributed by atoms with Crippen LogP contribution in [0.15, 0.2) is 40.9 Å². The number of thiazole rings is 1. The zero-order chi connectivity index (χ0) is 20.3. The lowest BCUT2D eigenvalue weighted by Gasteiger charge is -2.24. The Kier molecular flexibility index (Phi) is 6.74. The minimum absolute atomic E-state index is 0.165. The summed E-state index contributed by atoms with van der Waals surface area (Å²) in [6.45, 7) is 6.76.